The van der Waals surface area contributed by atoms with Gasteiger partial charge in [-0.2, -0.15) is 5.10 Å². The monoisotopic (exact) mass is 377 g/mol. The van der Waals surface area contributed by atoms with E-state index in [-0.39, 0.29) is 5.91 Å². The molecular weight excluding hydrogens is 354 g/mol. The van der Waals surface area contributed by atoms with Gasteiger partial charge in [-0.1, -0.05) is 17.7 Å². The van der Waals surface area contributed by atoms with Gasteiger partial charge >= 0.3 is 0 Å². The number of carbonyl (C=O) groups is 1. The summed E-state index contributed by atoms with van der Waals surface area (Å²) in [5.41, 5.74) is 0.0234. The molecular formula is C19H24ClN3O3. The molecule has 0 unspecified atom stereocenters. The Morgan fingerprint density at radius 1 is 1.46 bits per heavy atom. The lowest BCUT2D eigenvalue weighted by Crippen LogP contribution is -2.57. The third kappa shape index (κ3) is 4.37. The fourth-order valence-corrected chi connectivity index (χ4v) is 3.33. The van der Waals surface area contributed by atoms with E-state index in [1.165, 1.54) is 0 Å². The molecule has 0 bridgehead atoms. The number of halogens is 1. The Hall–Kier alpha value is -2.05. The van der Waals surface area contributed by atoms with Gasteiger partial charge < -0.3 is 14.7 Å². The van der Waals surface area contributed by atoms with Gasteiger partial charge in [-0.25, -0.2) is 0 Å². The maximum Gasteiger partial charge on any atom is 0.223 e. The van der Waals surface area contributed by atoms with Gasteiger partial charge in [0.2, 0.25) is 5.91 Å². The molecule has 2 atom stereocenters. The number of piperidine rings is 1. The minimum Gasteiger partial charge on any atom is -0.486 e. The summed E-state index contributed by atoms with van der Waals surface area (Å²) in [5, 5.41) is 15.4. The van der Waals surface area contributed by atoms with Gasteiger partial charge in [0.05, 0.1) is 6.54 Å². The number of ether oxygens (including phenoxy) is 1. The van der Waals surface area contributed by atoms with E-state index in [9.17, 15) is 9.90 Å². The zero-order valence-corrected chi connectivity index (χ0v) is 15.8. The van der Waals surface area contributed by atoms with Crippen molar-refractivity contribution in [3.63, 3.8) is 0 Å². The minimum atomic E-state index is -0.999. The molecule has 1 aliphatic rings. The smallest absolute Gasteiger partial charge is 0.223 e. The predicted molar refractivity (Wildman–Crippen MR) is 99.2 cm³/mol. The fraction of sp³-hybridized carbons (Fsp3) is 0.474. The van der Waals surface area contributed by atoms with E-state index in [1.54, 1.807) is 47.0 Å². The summed E-state index contributed by atoms with van der Waals surface area (Å²) >= 11 is 6.00. The van der Waals surface area contributed by atoms with Gasteiger partial charge in [0.25, 0.3) is 0 Å². The molecule has 26 heavy (non-hydrogen) atoms. The van der Waals surface area contributed by atoms with Gasteiger partial charge in [-0.05, 0) is 44.0 Å². The van der Waals surface area contributed by atoms with Crippen molar-refractivity contribution in [2.24, 2.45) is 7.05 Å². The maximum absolute atomic E-state index is 12.6. The minimum absolute atomic E-state index is 0.0568. The molecule has 1 aromatic carbocycles. The van der Waals surface area contributed by atoms with Crippen molar-refractivity contribution in [1.29, 1.82) is 0 Å². The maximum atomic E-state index is 12.6. The number of likely N-dealkylation sites (tertiary alicyclic amines) is 1. The fourth-order valence-electron chi connectivity index (χ4n) is 3.15. The average molecular weight is 378 g/mol. The van der Waals surface area contributed by atoms with Crippen LogP contribution < -0.4 is 4.74 Å². The number of aromatic nitrogens is 2. The van der Waals surface area contributed by atoms with Crippen molar-refractivity contribution in [1.82, 2.24) is 14.7 Å². The lowest BCUT2D eigenvalue weighted by atomic mass is 9.90. The van der Waals surface area contributed by atoms with Crippen molar-refractivity contribution >= 4 is 17.5 Å². The Morgan fingerprint density at radius 2 is 2.27 bits per heavy atom. The molecule has 1 fully saturated rings. The Balaban J connectivity index is 1.63. The van der Waals surface area contributed by atoms with E-state index in [0.717, 1.165) is 5.69 Å². The van der Waals surface area contributed by atoms with Crippen molar-refractivity contribution < 1.29 is 14.6 Å². The topological polar surface area (TPSA) is 67.6 Å². The number of hydrogen-bond donors (Lipinski definition) is 1. The van der Waals surface area contributed by atoms with Crippen molar-refractivity contribution in [2.75, 3.05) is 13.1 Å². The van der Waals surface area contributed by atoms with E-state index in [4.69, 9.17) is 16.3 Å². The van der Waals surface area contributed by atoms with E-state index >= 15 is 0 Å². The summed E-state index contributed by atoms with van der Waals surface area (Å²) in [6.45, 7) is 2.62. The molecule has 1 amide bonds. The van der Waals surface area contributed by atoms with Crippen LogP contribution >= 0.6 is 11.6 Å². The summed E-state index contributed by atoms with van der Waals surface area (Å²) in [4.78, 5) is 14.4. The van der Waals surface area contributed by atoms with Crippen molar-refractivity contribution in [2.45, 2.75) is 37.9 Å². The van der Waals surface area contributed by atoms with Gasteiger partial charge in [0.15, 0.2) is 0 Å². The molecule has 3 rings (SSSR count). The van der Waals surface area contributed by atoms with Crippen molar-refractivity contribution in [3.05, 3.63) is 47.2 Å². The lowest BCUT2D eigenvalue weighted by molar-refractivity contribution is -0.143. The second-order valence-electron chi connectivity index (χ2n) is 6.96. The van der Waals surface area contributed by atoms with Crippen LogP contribution in [0.15, 0.2) is 36.5 Å². The van der Waals surface area contributed by atoms with Crippen LogP contribution in [0.5, 0.6) is 5.75 Å². The van der Waals surface area contributed by atoms with Crippen LogP contribution in [0.25, 0.3) is 0 Å². The number of benzene rings is 1. The molecule has 1 saturated heterocycles. The van der Waals surface area contributed by atoms with E-state index in [1.807, 2.05) is 13.1 Å². The summed E-state index contributed by atoms with van der Waals surface area (Å²) in [6, 6.07) is 8.99. The first-order valence-corrected chi connectivity index (χ1v) is 9.12. The Kier molecular flexibility index (Phi) is 5.53. The number of aliphatic hydroxyl groups is 1. The van der Waals surface area contributed by atoms with Crippen LogP contribution in [-0.4, -0.2) is 50.5 Å². The lowest BCUT2D eigenvalue weighted by Gasteiger charge is -2.42. The van der Waals surface area contributed by atoms with Crippen LogP contribution in [-0.2, 0) is 18.3 Å². The molecule has 1 aromatic heterocycles. The molecule has 0 saturated carbocycles. The number of carbonyl (C=O) groups excluding carboxylic acids is 1. The van der Waals surface area contributed by atoms with Crippen LogP contribution in [0, 0.1) is 0 Å². The number of amides is 1. The van der Waals surface area contributed by atoms with E-state index in [0.29, 0.717) is 43.1 Å². The molecule has 7 heteroatoms. The summed E-state index contributed by atoms with van der Waals surface area (Å²) in [5.74, 6) is 0.647. The van der Waals surface area contributed by atoms with Crippen LogP contribution in [0.1, 0.15) is 25.5 Å². The number of rotatable bonds is 5. The summed E-state index contributed by atoms with van der Waals surface area (Å²) in [6.07, 6.45) is 2.74. The standard InChI is InChI=1S/C19H24ClN3O3/c1-19(25)9-11-23(18(24)7-6-15-8-10-21-22(15)2)13-17(19)26-16-5-3-4-14(20)12-16/h3-5,8,10,12,17,25H,6-7,9,11,13H2,1-2H3/t17-,19-/m0/s1. The molecule has 140 valence electrons. The highest BCUT2D eigenvalue weighted by atomic mass is 35.5. The van der Waals surface area contributed by atoms with E-state index in [2.05, 4.69) is 5.10 Å². The molecule has 0 aliphatic carbocycles. The molecule has 6 nitrogen and oxygen atoms in total. The largest absolute Gasteiger partial charge is 0.486 e. The molecule has 0 radical (unpaired) electrons. The van der Waals surface area contributed by atoms with Crippen molar-refractivity contribution in [3.8, 4) is 5.75 Å². The second-order valence-corrected chi connectivity index (χ2v) is 7.39. The SMILES string of the molecule is Cn1nccc1CCC(=O)N1CC[C@](C)(O)[C@@H](Oc2cccc(Cl)c2)C1. The highest BCUT2D eigenvalue weighted by Crippen LogP contribution is 2.28. The molecule has 1 aliphatic heterocycles. The van der Waals surface area contributed by atoms with Gasteiger partial charge in [-0.15, -0.1) is 0 Å². The molecule has 0 spiro atoms. The molecule has 1 N–H and O–H groups in total. The van der Waals surface area contributed by atoms with Gasteiger partial charge in [0.1, 0.15) is 17.5 Å². The third-order valence-electron chi connectivity index (χ3n) is 4.91. The Bertz CT molecular complexity index is 775. The average Bonchev–Trinajstić information content (AvgIpc) is 2.99. The first-order valence-electron chi connectivity index (χ1n) is 8.74. The second kappa shape index (κ2) is 7.68. The normalized spacial score (nSPS) is 23.1. The van der Waals surface area contributed by atoms with Gasteiger partial charge in [0, 0.05) is 36.9 Å². The first-order chi connectivity index (χ1) is 12.3. The Morgan fingerprint density at radius 3 is 2.96 bits per heavy atom. The predicted octanol–water partition coefficient (Wildman–Crippen LogP) is 2.44. The van der Waals surface area contributed by atoms with Crippen LogP contribution in [0.3, 0.4) is 0 Å². The highest BCUT2D eigenvalue weighted by Gasteiger charge is 2.40. The first kappa shape index (κ1) is 18.7. The number of aryl methyl sites for hydroxylation is 2. The van der Waals surface area contributed by atoms with Gasteiger partial charge in [-0.3, -0.25) is 9.48 Å². The summed E-state index contributed by atoms with van der Waals surface area (Å²) < 4.78 is 7.74. The quantitative estimate of drug-likeness (QED) is 0.869. The van der Waals surface area contributed by atoms with Crippen LogP contribution in [0.2, 0.25) is 5.02 Å². The third-order valence-corrected chi connectivity index (χ3v) is 5.15. The molecule has 2 aromatic rings. The summed E-state index contributed by atoms with van der Waals surface area (Å²) in [7, 11) is 1.87. The zero-order valence-electron chi connectivity index (χ0n) is 15.1. The highest BCUT2D eigenvalue weighted by molar-refractivity contribution is 6.30. The van der Waals surface area contributed by atoms with Crippen LogP contribution in [0.4, 0.5) is 0 Å². The zero-order chi connectivity index (χ0) is 18.7. The number of nitrogens with zero attached hydrogens (tertiary/aromatic N) is 3. The van der Waals surface area contributed by atoms with E-state index < -0.39 is 11.7 Å². The number of hydrogen-bond acceptors (Lipinski definition) is 4. The molecule has 2 heterocycles. The Labute approximate surface area is 158 Å².